The highest BCUT2D eigenvalue weighted by Gasteiger charge is 2.25. The van der Waals surface area contributed by atoms with Gasteiger partial charge in [-0.15, -0.1) is 11.3 Å². The van der Waals surface area contributed by atoms with Gasteiger partial charge in [-0.25, -0.2) is 14.8 Å². The molecule has 0 bridgehead atoms. The largest absolute Gasteiger partial charge is 0.458 e. The second-order valence-electron chi connectivity index (χ2n) is 4.77. The third kappa shape index (κ3) is 3.69. The summed E-state index contributed by atoms with van der Waals surface area (Å²) in [6, 6.07) is 5.82. The fraction of sp³-hybridized carbons (Fsp3) is 0.357. The van der Waals surface area contributed by atoms with Gasteiger partial charge < -0.3 is 9.64 Å². The van der Waals surface area contributed by atoms with E-state index in [1.165, 1.54) is 11.3 Å². The van der Waals surface area contributed by atoms with E-state index < -0.39 is 0 Å². The minimum Gasteiger partial charge on any atom is -0.458 e. The molecule has 6 nitrogen and oxygen atoms in total. The zero-order valence-corrected chi connectivity index (χ0v) is 12.3. The van der Waals surface area contributed by atoms with Crippen LogP contribution in [0.5, 0.6) is 6.01 Å². The molecule has 0 radical (unpaired) electrons. The van der Waals surface area contributed by atoms with Crippen LogP contribution in [0.15, 0.2) is 36.0 Å². The Morgan fingerprint density at radius 1 is 1.38 bits per heavy atom. The number of thiophene rings is 1. The Hall–Kier alpha value is -2.15. The quantitative estimate of drug-likeness (QED) is 0.946. The van der Waals surface area contributed by atoms with Gasteiger partial charge in [-0.2, -0.15) is 0 Å². The van der Waals surface area contributed by atoms with Crippen molar-refractivity contribution < 1.29 is 9.53 Å². The van der Waals surface area contributed by atoms with Crippen molar-refractivity contribution in [2.24, 2.45) is 0 Å². The summed E-state index contributed by atoms with van der Waals surface area (Å²) >= 11 is 1.51. The van der Waals surface area contributed by atoms with E-state index in [1.807, 2.05) is 17.5 Å². The van der Waals surface area contributed by atoms with E-state index in [0.29, 0.717) is 12.6 Å². The standard InChI is InChI=1S/C14H16N4O2S/c19-14(17-12-5-2-9-21-12)18-8-1-4-11(10-18)20-13-15-6-3-7-16-13/h2-3,5-7,9,11H,1,4,8,10H2,(H,17,19). The van der Waals surface area contributed by atoms with Crippen molar-refractivity contribution in [2.45, 2.75) is 18.9 Å². The van der Waals surface area contributed by atoms with E-state index in [9.17, 15) is 4.79 Å². The zero-order valence-electron chi connectivity index (χ0n) is 11.4. The molecule has 21 heavy (non-hydrogen) atoms. The Bertz CT molecular complexity index is 576. The number of urea groups is 1. The van der Waals surface area contributed by atoms with Gasteiger partial charge in [0, 0.05) is 18.9 Å². The lowest BCUT2D eigenvalue weighted by Crippen LogP contribution is -2.46. The number of piperidine rings is 1. The number of ether oxygens (including phenoxy) is 1. The van der Waals surface area contributed by atoms with Gasteiger partial charge >= 0.3 is 12.0 Å². The van der Waals surface area contributed by atoms with E-state index in [2.05, 4.69) is 15.3 Å². The van der Waals surface area contributed by atoms with Crippen LogP contribution in [0.1, 0.15) is 12.8 Å². The van der Waals surface area contributed by atoms with Crippen LogP contribution in [-0.4, -0.2) is 40.1 Å². The molecule has 1 N–H and O–H groups in total. The fourth-order valence-electron chi connectivity index (χ4n) is 2.25. The predicted octanol–water partition coefficient (Wildman–Crippen LogP) is 2.61. The fourth-order valence-corrected chi connectivity index (χ4v) is 2.86. The lowest BCUT2D eigenvalue weighted by atomic mass is 10.1. The van der Waals surface area contributed by atoms with Crippen LogP contribution in [0.2, 0.25) is 0 Å². The topological polar surface area (TPSA) is 67.4 Å². The summed E-state index contributed by atoms with van der Waals surface area (Å²) in [5, 5.41) is 5.69. The molecule has 3 heterocycles. The maximum Gasteiger partial charge on any atom is 0.322 e. The van der Waals surface area contributed by atoms with Gasteiger partial charge in [0.25, 0.3) is 0 Å². The Balaban J connectivity index is 1.56. The average molecular weight is 304 g/mol. The Morgan fingerprint density at radius 2 is 2.24 bits per heavy atom. The Labute approximate surface area is 126 Å². The summed E-state index contributed by atoms with van der Waals surface area (Å²) in [6.45, 7) is 1.29. The van der Waals surface area contributed by atoms with E-state index in [-0.39, 0.29) is 12.1 Å². The normalized spacial score (nSPS) is 18.3. The summed E-state index contributed by atoms with van der Waals surface area (Å²) in [6.07, 6.45) is 5.05. The molecule has 7 heteroatoms. The molecule has 1 atom stereocenters. The maximum absolute atomic E-state index is 12.2. The maximum atomic E-state index is 12.2. The van der Waals surface area contributed by atoms with Crippen molar-refractivity contribution in [2.75, 3.05) is 18.4 Å². The van der Waals surface area contributed by atoms with Gasteiger partial charge in [0.15, 0.2) is 0 Å². The van der Waals surface area contributed by atoms with Crippen LogP contribution in [0, 0.1) is 0 Å². The van der Waals surface area contributed by atoms with Crippen molar-refractivity contribution in [3.8, 4) is 6.01 Å². The number of hydrogen-bond donors (Lipinski definition) is 1. The van der Waals surface area contributed by atoms with Crippen molar-refractivity contribution in [3.05, 3.63) is 36.0 Å². The van der Waals surface area contributed by atoms with Gasteiger partial charge in [0.1, 0.15) is 6.10 Å². The molecule has 1 saturated heterocycles. The number of amides is 2. The minimum atomic E-state index is -0.0836. The smallest absolute Gasteiger partial charge is 0.322 e. The van der Waals surface area contributed by atoms with Crippen molar-refractivity contribution >= 4 is 22.4 Å². The molecule has 0 aliphatic carbocycles. The SMILES string of the molecule is O=C(Nc1cccs1)N1CCCC(Oc2ncccn2)C1. The van der Waals surface area contributed by atoms with Crippen LogP contribution >= 0.6 is 11.3 Å². The first-order valence-electron chi connectivity index (χ1n) is 6.84. The molecule has 3 rings (SSSR count). The van der Waals surface area contributed by atoms with Gasteiger partial charge in [-0.3, -0.25) is 5.32 Å². The number of hydrogen-bond acceptors (Lipinski definition) is 5. The van der Waals surface area contributed by atoms with Gasteiger partial charge in [-0.1, -0.05) is 0 Å². The number of likely N-dealkylation sites (tertiary alicyclic amines) is 1. The Morgan fingerprint density at radius 3 is 3.00 bits per heavy atom. The van der Waals surface area contributed by atoms with E-state index in [4.69, 9.17) is 4.74 Å². The van der Waals surface area contributed by atoms with Crippen LogP contribution in [0.25, 0.3) is 0 Å². The number of carbonyl (C=O) groups is 1. The van der Waals surface area contributed by atoms with Crippen LogP contribution in [0.3, 0.4) is 0 Å². The molecule has 0 saturated carbocycles. The molecule has 2 aromatic rings. The molecule has 1 aliphatic rings. The third-order valence-corrected chi connectivity index (χ3v) is 4.02. The highest BCUT2D eigenvalue weighted by atomic mass is 32.1. The van der Waals surface area contributed by atoms with E-state index >= 15 is 0 Å². The number of nitrogens with zero attached hydrogens (tertiary/aromatic N) is 3. The summed E-state index contributed by atoms with van der Waals surface area (Å²) in [5.41, 5.74) is 0. The predicted molar refractivity (Wildman–Crippen MR) is 80.6 cm³/mol. The molecule has 1 fully saturated rings. The third-order valence-electron chi connectivity index (χ3n) is 3.23. The molecule has 0 aromatic carbocycles. The molecule has 2 amide bonds. The number of aromatic nitrogens is 2. The van der Waals surface area contributed by atoms with E-state index in [0.717, 1.165) is 24.4 Å². The molecule has 1 aliphatic heterocycles. The minimum absolute atomic E-state index is 0.0600. The monoisotopic (exact) mass is 304 g/mol. The summed E-state index contributed by atoms with van der Waals surface area (Å²) < 4.78 is 5.73. The molecule has 110 valence electrons. The number of nitrogens with one attached hydrogen (secondary N) is 1. The lowest BCUT2D eigenvalue weighted by molar-refractivity contribution is 0.0983. The molecule has 2 aromatic heterocycles. The van der Waals surface area contributed by atoms with Crippen molar-refractivity contribution in [1.82, 2.24) is 14.9 Å². The molecule has 1 unspecified atom stereocenters. The average Bonchev–Trinajstić information content (AvgIpc) is 3.01. The van der Waals surface area contributed by atoms with Crippen molar-refractivity contribution in [3.63, 3.8) is 0 Å². The van der Waals surface area contributed by atoms with Crippen LogP contribution < -0.4 is 10.1 Å². The second-order valence-corrected chi connectivity index (χ2v) is 5.71. The van der Waals surface area contributed by atoms with Gasteiger partial charge in [0.2, 0.25) is 0 Å². The van der Waals surface area contributed by atoms with Crippen molar-refractivity contribution in [1.29, 1.82) is 0 Å². The van der Waals surface area contributed by atoms with Crippen LogP contribution in [0.4, 0.5) is 9.80 Å². The summed E-state index contributed by atoms with van der Waals surface area (Å²) in [5.74, 6) is 0. The highest BCUT2D eigenvalue weighted by Crippen LogP contribution is 2.19. The number of anilines is 1. The zero-order chi connectivity index (χ0) is 14.5. The highest BCUT2D eigenvalue weighted by molar-refractivity contribution is 7.14. The summed E-state index contributed by atoms with van der Waals surface area (Å²) in [4.78, 5) is 22.1. The molecule has 0 spiro atoms. The van der Waals surface area contributed by atoms with Gasteiger partial charge in [0.05, 0.1) is 11.5 Å². The first-order valence-corrected chi connectivity index (χ1v) is 7.72. The van der Waals surface area contributed by atoms with E-state index in [1.54, 1.807) is 23.4 Å². The van der Waals surface area contributed by atoms with Crippen LogP contribution in [-0.2, 0) is 0 Å². The Kier molecular flexibility index (Phi) is 4.30. The second kappa shape index (κ2) is 6.53. The lowest BCUT2D eigenvalue weighted by Gasteiger charge is -2.32. The first kappa shape index (κ1) is 13.8. The summed E-state index contributed by atoms with van der Waals surface area (Å²) in [7, 11) is 0. The first-order chi connectivity index (χ1) is 10.3. The molecular formula is C14H16N4O2S. The van der Waals surface area contributed by atoms with Gasteiger partial charge in [-0.05, 0) is 36.4 Å². The number of rotatable bonds is 3. The molecular weight excluding hydrogens is 288 g/mol. The number of carbonyl (C=O) groups excluding carboxylic acids is 1.